The summed E-state index contributed by atoms with van der Waals surface area (Å²) in [6, 6.07) is 1.87. The molecule has 0 aliphatic rings. The number of hydrogen-bond acceptors (Lipinski definition) is 3. The van der Waals surface area contributed by atoms with Gasteiger partial charge < -0.3 is 10.4 Å². The second-order valence-corrected chi connectivity index (χ2v) is 4.87. The molecular formula is C12H19NO2S. The largest absolute Gasteiger partial charge is 0.387 e. The molecule has 0 radical (unpaired) electrons. The average Bonchev–Trinajstić information content (AvgIpc) is 2.79. The lowest BCUT2D eigenvalue weighted by atomic mass is 10.0. The molecule has 1 heterocycles. The molecule has 1 amide bonds. The Labute approximate surface area is 100 Å². The van der Waals surface area contributed by atoms with Gasteiger partial charge >= 0.3 is 0 Å². The number of amides is 1. The maximum Gasteiger partial charge on any atom is 0.220 e. The molecular weight excluding hydrogens is 222 g/mol. The SMILES string of the molecule is CCC(C)CC(=O)NCC(O)c1ccsc1. The zero-order valence-corrected chi connectivity index (χ0v) is 10.6. The minimum absolute atomic E-state index is 0.0172. The van der Waals surface area contributed by atoms with Gasteiger partial charge in [0.1, 0.15) is 0 Å². The first-order valence-electron chi connectivity index (χ1n) is 5.60. The van der Waals surface area contributed by atoms with Crippen molar-refractivity contribution in [3.63, 3.8) is 0 Å². The second kappa shape index (κ2) is 6.66. The lowest BCUT2D eigenvalue weighted by Crippen LogP contribution is -2.29. The van der Waals surface area contributed by atoms with Crippen molar-refractivity contribution < 1.29 is 9.90 Å². The standard InChI is InChI=1S/C12H19NO2S/c1-3-9(2)6-12(15)13-7-11(14)10-4-5-16-8-10/h4-5,8-9,11,14H,3,6-7H2,1-2H3,(H,13,15). The highest BCUT2D eigenvalue weighted by Crippen LogP contribution is 2.15. The van der Waals surface area contributed by atoms with E-state index >= 15 is 0 Å². The number of thiophene rings is 1. The molecule has 0 saturated carbocycles. The van der Waals surface area contributed by atoms with E-state index in [9.17, 15) is 9.90 Å². The van der Waals surface area contributed by atoms with E-state index in [1.807, 2.05) is 16.8 Å². The summed E-state index contributed by atoms with van der Waals surface area (Å²) in [6.45, 7) is 4.42. The molecule has 2 unspecified atom stereocenters. The maximum atomic E-state index is 11.5. The predicted molar refractivity (Wildman–Crippen MR) is 66.4 cm³/mol. The Bertz CT molecular complexity index is 311. The van der Waals surface area contributed by atoms with Crippen LogP contribution in [-0.2, 0) is 4.79 Å². The number of carbonyl (C=O) groups is 1. The smallest absolute Gasteiger partial charge is 0.220 e. The van der Waals surface area contributed by atoms with Gasteiger partial charge in [-0.05, 0) is 28.3 Å². The van der Waals surface area contributed by atoms with E-state index < -0.39 is 6.10 Å². The molecule has 0 bridgehead atoms. The van der Waals surface area contributed by atoms with Crippen LogP contribution < -0.4 is 5.32 Å². The molecule has 4 heteroatoms. The van der Waals surface area contributed by atoms with Crippen molar-refractivity contribution in [3.05, 3.63) is 22.4 Å². The minimum atomic E-state index is -0.591. The highest BCUT2D eigenvalue weighted by molar-refractivity contribution is 7.07. The fourth-order valence-corrected chi connectivity index (χ4v) is 2.03. The Hall–Kier alpha value is -0.870. The van der Waals surface area contributed by atoms with Gasteiger partial charge in [0, 0.05) is 13.0 Å². The summed E-state index contributed by atoms with van der Waals surface area (Å²) in [5.74, 6) is 0.418. The van der Waals surface area contributed by atoms with Crippen LogP contribution >= 0.6 is 11.3 Å². The van der Waals surface area contributed by atoms with Crippen LogP contribution in [0.15, 0.2) is 16.8 Å². The topological polar surface area (TPSA) is 49.3 Å². The average molecular weight is 241 g/mol. The predicted octanol–water partition coefficient (Wildman–Crippen LogP) is 2.33. The van der Waals surface area contributed by atoms with Crippen LogP contribution in [0.25, 0.3) is 0 Å². The van der Waals surface area contributed by atoms with E-state index in [0.717, 1.165) is 12.0 Å². The third kappa shape index (κ3) is 4.33. The van der Waals surface area contributed by atoms with E-state index in [4.69, 9.17) is 0 Å². The van der Waals surface area contributed by atoms with Gasteiger partial charge in [-0.2, -0.15) is 11.3 Å². The van der Waals surface area contributed by atoms with Crippen LogP contribution in [0.2, 0.25) is 0 Å². The number of rotatable bonds is 6. The molecule has 0 spiro atoms. The summed E-state index contributed by atoms with van der Waals surface area (Å²) < 4.78 is 0. The molecule has 0 fully saturated rings. The third-order valence-corrected chi connectivity index (χ3v) is 3.35. The number of aliphatic hydroxyl groups excluding tert-OH is 1. The molecule has 0 aromatic carbocycles. The quantitative estimate of drug-likeness (QED) is 0.803. The number of aliphatic hydroxyl groups is 1. The molecule has 2 N–H and O–H groups in total. The maximum absolute atomic E-state index is 11.5. The summed E-state index contributed by atoms with van der Waals surface area (Å²) in [5, 5.41) is 16.3. The van der Waals surface area contributed by atoms with Gasteiger partial charge in [0.05, 0.1) is 6.10 Å². The summed E-state index contributed by atoms with van der Waals surface area (Å²) in [7, 11) is 0. The van der Waals surface area contributed by atoms with Crippen LogP contribution in [-0.4, -0.2) is 17.6 Å². The van der Waals surface area contributed by atoms with E-state index in [2.05, 4.69) is 19.2 Å². The summed E-state index contributed by atoms with van der Waals surface area (Å²) in [4.78, 5) is 11.5. The first-order chi connectivity index (χ1) is 7.63. The van der Waals surface area contributed by atoms with Crippen molar-refractivity contribution in [3.8, 4) is 0 Å². The van der Waals surface area contributed by atoms with E-state index in [-0.39, 0.29) is 5.91 Å². The lowest BCUT2D eigenvalue weighted by Gasteiger charge is -2.12. The molecule has 16 heavy (non-hydrogen) atoms. The van der Waals surface area contributed by atoms with Crippen LogP contribution in [0.5, 0.6) is 0 Å². The number of nitrogens with one attached hydrogen (secondary N) is 1. The van der Waals surface area contributed by atoms with Gasteiger partial charge in [-0.3, -0.25) is 4.79 Å². The Balaban J connectivity index is 2.26. The molecule has 1 aromatic rings. The number of carbonyl (C=O) groups excluding carboxylic acids is 1. The summed E-state index contributed by atoms with van der Waals surface area (Å²) >= 11 is 1.54. The lowest BCUT2D eigenvalue weighted by molar-refractivity contribution is -0.122. The van der Waals surface area contributed by atoms with Crippen molar-refractivity contribution in [1.82, 2.24) is 5.32 Å². The van der Waals surface area contributed by atoms with E-state index in [1.54, 1.807) is 11.3 Å². The van der Waals surface area contributed by atoms with Crippen molar-refractivity contribution in [2.75, 3.05) is 6.54 Å². The van der Waals surface area contributed by atoms with E-state index in [0.29, 0.717) is 18.9 Å². The summed E-state index contributed by atoms with van der Waals surface area (Å²) in [5.41, 5.74) is 0.869. The van der Waals surface area contributed by atoms with Crippen molar-refractivity contribution in [2.45, 2.75) is 32.8 Å². The molecule has 90 valence electrons. The van der Waals surface area contributed by atoms with Crippen molar-refractivity contribution >= 4 is 17.2 Å². The van der Waals surface area contributed by atoms with Gasteiger partial charge in [0.2, 0.25) is 5.91 Å². The van der Waals surface area contributed by atoms with Crippen LogP contribution in [0.3, 0.4) is 0 Å². The Morgan fingerprint density at radius 2 is 2.38 bits per heavy atom. The first kappa shape index (κ1) is 13.2. The summed E-state index contributed by atoms with van der Waals surface area (Å²) in [6.07, 6.45) is 0.944. The van der Waals surface area contributed by atoms with Gasteiger partial charge in [-0.25, -0.2) is 0 Å². The Kier molecular flexibility index (Phi) is 5.49. The highest BCUT2D eigenvalue weighted by Gasteiger charge is 2.11. The van der Waals surface area contributed by atoms with Crippen LogP contribution in [0.4, 0.5) is 0 Å². The zero-order chi connectivity index (χ0) is 12.0. The van der Waals surface area contributed by atoms with Crippen LogP contribution in [0, 0.1) is 5.92 Å². The molecule has 0 aliphatic carbocycles. The fraction of sp³-hybridized carbons (Fsp3) is 0.583. The minimum Gasteiger partial charge on any atom is -0.387 e. The van der Waals surface area contributed by atoms with Crippen molar-refractivity contribution in [1.29, 1.82) is 0 Å². The van der Waals surface area contributed by atoms with Gasteiger partial charge in [-0.1, -0.05) is 20.3 Å². The Morgan fingerprint density at radius 1 is 1.62 bits per heavy atom. The molecule has 0 aliphatic heterocycles. The van der Waals surface area contributed by atoms with Crippen LogP contribution in [0.1, 0.15) is 38.4 Å². The number of hydrogen-bond donors (Lipinski definition) is 2. The molecule has 0 saturated heterocycles. The van der Waals surface area contributed by atoms with Gasteiger partial charge in [0.25, 0.3) is 0 Å². The first-order valence-corrected chi connectivity index (χ1v) is 6.54. The second-order valence-electron chi connectivity index (χ2n) is 4.09. The molecule has 1 rings (SSSR count). The highest BCUT2D eigenvalue weighted by atomic mass is 32.1. The molecule has 1 aromatic heterocycles. The van der Waals surface area contributed by atoms with E-state index in [1.165, 1.54) is 0 Å². The monoisotopic (exact) mass is 241 g/mol. The van der Waals surface area contributed by atoms with Gasteiger partial charge in [0.15, 0.2) is 0 Å². The fourth-order valence-electron chi connectivity index (χ4n) is 1.33. The van der Waals surface area contributed by atoms with Crippen molar-refractivity contribution in [2.24, 2.45) is 5.92 Å². The van der Waals surface area contributed by atoms with Gasteiger partial charge in [-0.15, -0.1) is 0 Å². The molecule has 3 nitrogen and oxygen atoms in total. The normalized spacial score (nSPS) is 14.4. The zero-order valence-electron chi connectivity index (χ0n) is 9.77. The Morgan fingerprint density at radius 3 is 2.94 bits per heavy atom. The molecule has 2 atom stereocenters. The third-order valence-electron chi connectivity index (χ3n) is 2.65.